The Morgan fingerprint density at radius 1 is 1.28 bits per heavy atom. The first-order valence-electron chi connectivity index (χ1n) is 10.0. The fraction of sp³-hybridized carbons (Fsp3) is 0.737. The van der Waals surface area contributed by atoms with Crippen LogP contribution in [0.15, 0.2) is 17.2 Å². The largest absolute Gasteiger partial charge is 0.480 e. The van der Waals surface area contributed by atoms with Crippen molar-refractivity contribution < 1.29 is 22.6 Å². The highest BCUT2D eigenvalue weighted by Gasteiger charge is 2.54. The quantitative estimate of drug-likeness (QED) is 0.695. The van der Waals surface area contributed by atoms with Crippen molar-refractivity contribution in [2.24, 2.45) is 5.41 Å². The number of likely N-dealkylation sites (tertiary alicyclic amines) is 1. The van der Waals surface area contributed by atoms with Crippen LogP contribution in [0.5, 0.6) is 5.88 Å². The molecule has 1 atom stereocenters. The van der Waals surface area contributed by atoms with Gasteiger partial charge in [0.15, 0.2) is 0 Å². The average molecular weight is 444 g/mol. The van der Waals surface area contributed by atoms with Crippen molar-refractivity contribution in [2.45, 2.75) is 35.8 Å². The van der Waals surface area contributed by atoms with Gasteiger partial charge in [0.2, 0.25) is 15.9 Å². The molecule has 1 aromatic rings. The maximum Gasteiger partial charge on any atom is 0.248 e. The minimum atomic E-state index is -3.73. The van der Waals surface area contributed by atoms with Gasteiger partial charge in [-0.2, -0.15) is 4.31 Å². The van der Waals surface area contributed by atoms with Gasteiger partial charge in [-0.05, 0) is 25.3 Å². The summed E-state index contributed by atoms with van der Waals surface area (Å²) >= 11 is 5.98. The maximum absolute atomic E-state index is 13.1. The molecule has 4 fully saturated rings. The third-order valence-electron chi connectivity index (χ3n) is 6.83. The van der Waals surface area contributed by atoms with E-state index in [4.69, 9.17) is 25.8 Å². The second-order valence-electron chi connectivity index (χ2n) is 8.81. The lowest BCUT2D eigenvalue weighted by atomic mass is 9.76. The average Bonchev–Trinajstić information content (AvgIpc) is 3.03. The lowest BCUT2D eigenvalue weighted by Crippen LogP contribution is -2.68. The van der Waals surface area contributed by atoms with Gasteiger partial charge in [0.1, 0.15) is 4.90 Å². The zero-order chi connectivity index (χ0) is 20.3. The molecule has 2 spiro atoms. The van der Waals surface area contributed by atoms with Crippen LogP contribution in [0, 0.1) is 5.41 Å². The van der Waals surface area contributed by atoms with Gasteiger partial charge in [-0.15, -0.1) is 0 Å². The number of hydrogen-bond acceptors (Lipinski definition) is 7. The van der Waals surface area contributed by atoms with E-state index in [1.54, 1.807) is 0 Å². The molecule has 4 aliphatic heterocycles. The molecule has 0 saturated carbocycles. The van der Waals surface area contributed by atoms with Crippen molar-refractivity contribution in [3.63, 3.8) is 0 Å². The van der Waals surface area contributed by atoms with E-state index in [-0.39, 0.29) is 21.4 Å². The molecule has 160 valence electrons. The van der Waals surface area contributed by atoms with Crippen molar-refractivity contribution in [3.05, 3.63) is 17.3 Å². The minimum absolute atomic E-state index is 0.0160. The fourth-order valence-corrected chi connectivity index (χ4v) is 6.87. The van der Waals surface area contributed by atoms with Gasteiger partial charge in [-0.1, -0.05) is 11.6 Å². The van der Waals surface area contributed by atoms with Gasteiger partial charge in [0, 0.05) is 43.8 Å². The number of sulfonamides is 1. The van der Waals surface area contributed by atoms with Crippen molar-refractivity contribution in [2.75, 3.05) is 53.1 Å². The number of hydrogen-bond donors (Lipinski definition) is 0. The van der Waals surface area contributed by atoms with Gasteiger partial charge >= 0.3 is 0 Å². The summed E-state index contributed by atoms with van der Waals surface area (Å²) in [6.45, 7) is 5.53. The molecule has 1 aromatic heterocycles. The standard InChI is InChI=1S/C19H26ClN3O5S/c1-26-17-16(6-14(20)8-21-17)29(24,25)23-4-2-19(3-5-23)7-15(9-28-19)22-10-18(11-22)12-27-13-18/h6,8,15H,2-5,7,9-13H2,1H3/t15-/m0/s1. The maximum atomic E-state index is 13.1. The second kappa shape index (κ2) is 7.03. The van der Waals surface area contributed by atoms with E-state index < -0.39 is 10.0 Å². The number of methoxy groups -OCH3 is 1. The highest BCUT2D eigenvalue weighted by molar-refractivity contribution is 7.89. The monoisotopic (exact) mass is 443 g/mol. The predicted octanol–water partition coefficient (Wildman–Crippen LogP) is 1.39. The SMILES string of the molecule is COc1ncc(Cl)cc1S(=O)(=O)N1CCC2(CC1)C[C@H](N1CC3(COC3)C1)CO2. The highest BCUT2D eigenvalue weighted by atomic mass is 35.5. The third kappa shape index (κ3) is 3.36. The highest BCUT2D eigenvalue weighted by Crippen LogP contribution is 2.44. The Labute approximate surface area is 176 Å². The van der Waals surface area contributed by atoms with Gasteiger partial charge in [0.05, 0.1) is 37.6 Å². The van der Waals surface area contributed by atoms with Crippen LogP contribution in [-0.4, -0.2) is 87.4 Å². The summed E-state index contributed by atoms with van der Waals surface area (Å²) in [6, 6.07) is 1.83. The predicted molar refractivity (Wildman–Crippen MR) is 106 cm³/mol. The first-order valence-corrected chi connectivity index (χ1v) is 11.8. The molecule has 4 aliphatic rings. The number of ether oxygens (including phenoxy) is 3. The molecule has 0 aromatic carbocycles. The Balaban J connectivity index is 1.23. The number of piperidine rings is 1. The van der Waals surface area contributed by atoms with E-state index in [9.17, 15) is 8.42 Å². The summed E-state index contributed by atoms with van der Waals surface area (Å²) in [5, 5.41) is 0.268. The summed E-state index contributed by atoms with van der Waals surface area (Å²) < 4.78 is 44.5. The molecule has 5 rings (SSSR count). The topological polar surface area (TPSA) is 81.2 Å². The van der Waals surface area contributed by atoms with Crippen LogP contribution in [0.1, 0.15) is 19.3 Å². The molecule has 0 aliphatic carbocycles. The Kier molecular flexibility index (Phi) is 4.84. The van der Waals surface area contributed by atoms with E-state index >= 15 is 0 Å². The fourth-order valence-electron chi connectivity index (χ4n) is 5.07. The Bertz CT molecular complexity index is 891. The number of pyridine rings is 1. The molecule has 0 N–H and O–H groups in total. The van der Waals surface area contributed by atoms with Gasteiger partial charge in [0.25, 0.3) is 0 Å². The molecule has 0 bridgehead atoms. The van der Waals surface area contributed by atoms with Crippen LogP contribution < -0.4 is 4.74 Å². The van der Waals surface area contributed by atoms with Crippen molar-refractivity contribution in [1.29, 1.82) is 0 Å². The van der Waals surface area contributed by atoms with Crippen molar-refractivity contribution in [1.82, 2.24) is 14.2 Å². The molecule has 0 radical (unpaired) electrons. The van der Waals surface area contributed by atoms with Crippen molar-refractivity contribution >= 4 is 21.6 Å². The number of rotatable bonds is 4. The third-order valence-corrected chi connectivity index (χ3v) is 8.93. The Morgan fingerprint density at radius 3 is 2.62 bits per heavy atom. The van der Waals surface area contributed by atoms with Crippen LogP contribution in [0.25, 0.3) is 0 Å². The van der Waals surface area contributed by atoms with E-state index in [2.05, 4.69) is 9.88 Å². The van der Waals surface area contributed by atoms with Gasteiger partial charge in [-0.25, -0.2) is 13.4 Å². The zero-order valence-electron chi connectivity index (χ0n) is 16.5. The molecule has 29 heavy (non-hydrogen) atoms. The first kappa shape index (κ1) is 20.0. The van der Waals surface area contributed by atoms with E-state index in [0.717, 1.165) is 39.3 Å². The lowest BCUT2D eigenvalue weighted by Gasteiger charge is -2.57. The number of halogens is 1. The summed E-state index contributed by atoms with van der Waals surface area (Å²) in [6.07, 6.45) is 3.74. The molecule has 5 heterocycles. The summed E-state index contributed by atoms with van der Waals surface area (Å²) in [4.78, 5) is 6.52. The van der Waals surface area contributed by atoms with Crippen LogP contribution in [0.4, 0.5) is 0 Å². The van der Waals surface area contributed by atoms with Gasteiger partial charge < -0.3 is 14.2 Å². The smallest absolute Gasteiger partial charge is 0.248 e. The number of aromatic nitrogens is 1. The van der Waals surface area contributed by atoms with E-state index in [0.29, 0.717) is 37.4 Å². The normalized spacial score (nSPS) is 29.0. The summed E-state index contributed by atoms with van der Waals surface area (Å²) in [7, 11) is -2.32. The van der Waals surface area contributed by atoms with Crippen LogP contribution >= 0.6 is 11.6 Å². The van der Waals surface area contributed by atoms with Crippen LogP contribution in [0.2, 0.25) is 5.02 Å². The summed E-state index contributed by atoms with van der Waals surface area (Å²) in [5.74, 6) is 0.0681. The first-order chi connectivity index (χ1) is 13.8. The molecule has 10 heteroatoms. The Hall–Kier alpha value is -0.970. The number of nitrogens with zero attached hydrogens (tertiary/aromatic N) is 3. The lowest BCUT2D eigenvalue weighted by molar-refractivity contribution is -0.197. The molecule has 0 unspecified atom stereocenters. The molecular weight excluding hydrogens is 418 g/mol. The van der Waals surface area contributed by atoms with Crippen molar-refractivity contribution in [3.8, 4) is 5.88 Å². The van der Waals surface area contributed by atoms with E-state index in [1.807, 2.05) is 0 Å². The summed E-state index contributed by atoms with van der Waals surface area (Å²) in [5.41, 5.74) is 0.184. The molecule has 4 saturated heterocycles. The van der Waals surface area contributed by atoms with Gasteiger partial charge in [-0.3, -0.25) is 4.90 Å². The molecule has 0 amide bonds. The van der Waals surface area contributed by atoms with Crippen LogP contribution in [-0.2, 0) is 19.5 Å². The molecular formula is C19H26ClN3O5S. The Morgan fingerprint density at radius 2 is 2.00 bits per heavy atom. The van der Waals surface area contributed by atoms with Crippen LogP contribution in [0.3, 0.4) is 0 Å². The minimum Gasteiger partial charge on any atom is -0.480 e. The molecule has 8 nitrogen and oxygen atoms in total. The zero-order valence-corrected chi connectivity index (χ0v) is 18.0. The van der Waals surface area contributed by atoms with E-state index in [1.165, 1.54) is 23.7 Å². The second-order valence-corrected chi connectivity index (χ2v) is 11.2.